The van der Waals surface area contributed by atoms with Crippen LogP contribution in [0.3, 0.4) is 0 Å². The zero-order valence-electron chi connectivity index (χ0n) is 11.7. The first-order valence-electron chi connectivity index (χ1n) is 6.54. The molecule has 106 valence electrons. The minimum absolute atomic E-state index is 0.0369. The molecule has 0 radical (unpaired) electrons. The van der Waals surface area contributed by atoms with Crippen molar-refractivity contribution in [2.75, 3.05) is 24.2 Å². The van der Waals surface area contributed by atoms with Crippen LogP contribution in [0.15, 0.2) is 18.2 Å². The van der Waals surface area contributed by atoms with Gasteiger partial charge < -0.3 is 21.5 Å². The lowest BCUT2D eigenvalue weighted by atomic mass is 10.0. The highest BCUT2D eigenvalue weighted by Gasteiger charge is 2.14. The average molecular weight is 265 g/mol. The van der Waals surface area contributed by atoms with Crippen molar-refractivity contribution in [3.05, 3.63) is 23.8 Å². The second kappa shape index (κ2) is 6.99. The first-order chi connectivity index (χ1) is 8.99. The highest BCUT2D eigenvalue weighted by atomic mass is 16.3. The predicted molar refractivity (Wildman–Crippen MR) is 78.2 cm³/mol. The number of nitrogens with one attached hydrogen (secondary N) is 2. The van der Waals surface area contributed by atoms with Gasteiger partial charge in [-0.15, -0.1) is 0 Å². The minimum Gasteiger partial charge on any atom is -0.397 e. The van der Waals surface area contributed by atoms with Crippen molar-refractivity contribution in [3.63, 3.8) is 0 Å². The predicted octanol–water partition coefficient (Wildman–Crippen LogP) is 1.45. The van der Waals surface area contributed by atoms with E-state index in [0.717, 1.165) is 5.69 Å². The van der Waals surface area contributed by atoms with Crippen molar-refractivity contribution in [3.8, 4) is 0 Å². The molecule has 0 aromatic heterocycles. The van der Waals surface area contributed by atoms with Gasteiger partial charge in [0.2, 0.25) is 0 Å². The maximum absolute atomic E-state index is 11.7. The lowest BCUT2D eigenvalue weighted by Gasteiger charge is -2.22. The van der Waals surface area contributed by atoms with Gasteiger partial charge in [-0.1, -0.05) is 13.8 Å². The van der Waals surface area contributed by atoms with Crippen LogP contribution in [0, 0.1) is 5.92 Å². The molecule has 1 unspecified atom stereocenters. The number of hydrogen-bond acceptors (Lipinski definition) is 4. The molecule has 1 amide bonds. The Labute approximate surface area is 114 Å². The van der Waals surface area contributed by atoms with E-state index in [4.69, 9.17) is 5.73 Å². The summed E-state index contributed by atoms with van der Waals surface area (Å²) < 4.78 is 0. The maximum Gasteiger partial charge on any atom is 0.251 e. The summed E-state index contributed by atoms with van der Waals surface area (Å²) in [5, 5.41) is 15.2. The Balaban J connectivity index is 2.85. The van der Waals surface area contributed by atoms with Gasteiger partial charge in [0.05, 0.1) is 24.0 Å². The fourth-order valence-electron chi connectivity index (χ4n) is 1.72. The van der Waals surface area contributed by atoms with Crippen LogP contribution in [0.1, 0.15) is 31.1 Å². The van der Waals surface area contributed by atoms with Gasteiger partial charge in [-0.05, 0) is 31.0 Å². The number of benzene rings is 1. The van der Waals surface area contributed by atoms with E-state index in [-0.39, 0.29) is 24.5 Å². The molecule has 0 aliphatic heterocycles. The number of rotatable bonds is 6. The van der Waals surface area contributed by atoms with Crippen LogP contribution in [-0.4, -0.2) is 30.2 Å². The van der Waals surface area contributed by atoms with E-state index in [2.05, 4.69) is 10.6 Å². The molecule has 19 heavy (non-hydrogen) atoms. The third kappa shape index (κ3) is 4.13. The molecule has 1 aromatic carbocycles. The molecule has 5 N–H and O–H groups in total. The Bertz CT molecular complexity index is 433. The molecule has 0 aliphatic rings. The Kier molecular flexibility index (Phi) is 5.63. The van der Waals surface area contributed by atoms with Gasteiger partial charge in [-0.2, -0.15) is 0 Å². The second-order valence-electron chi connectivity index (χ2n) is 4.84. The molecule has 1 atom stereocenters. The molecule has 1 aromatic rings. The van der Waals surface area contributed by atoms with E-state index in [0.29, 0.717) is 17.8 Å². The van der Waals surface area contributed by atoms with Gasteiger partial charge in [-0.25, -0.2) is 0 Å². The summed E-state index contributed by atoms with van der Waals surface area (Å²) in [7, 11) is 0. The zero-order valence-corrected chi connectivity index (χ0v) is 11.7. The first-order valence-corrected chi connectivity index (χ1v) is 6.54. The van der Waals surface area contributed by atoms with Crippen LogP contribution in [0.5, 0.6) is 0 Å². The summed E-state index contributed by atoms with van der Waals surface area (Å²) in [6.07, 6.45) is 0. The van der Waals surface area contributed by atoms with Gasteiger partial charge in [0.15, 0.2) is 0 Å². The second-order valence-corrected chi connectivity index (χ2v) is 4.84. The maximum atomic E-state index is 11.7. The standard InChI is InChI=1S/C14H23N3O2/c1-4-16-14(19)10-5-6-12(11(15)7-10)17-13(8-18)9(2)3/h5-7,9,13,17-18H,4,8,15H2,1-3H3,(H,16,19). The summed E-state index contributed by atoms with van der Waals surface area (Å²) in [6.45, 7) is 6.53. The summed E-state index contributed by atoms with van der Waals surface area (Å²) >= 11 is 0. The Hall–Kier alpha value is -1.75. The summed E-state index contributed by atoms with van der Waals surface area (Å²) in [4.78, 5) is 11.7. The quantitative estimate of drug-likeness (QED) is 0.586. The molecule has 1 rings (SSSR count). The smallest absolute Gasteiger partial charge is 0.251 e. The number of nitrogen functional groups attached to an aromatic ring is 1. The number of carbonyl (C=O) groups excluding carboxylic acids is 1. The molecule has 0 spiro atoms. The molecule has 0 fully saturated rings. The Morgan fingerprint density at radius 1 is 1.42 bits per heavy atom. The molecule has 5 nitrogen and oxygen atoms in total. The summed E-state index contributed by atoms with van der Waals surface area (Å²) in [6, 6.07) is 5.07. The first kappa shape index (κ1) is 15.3. The average Bonchev–Trinajstić information content (AvgIpc) is 2.37. The van der Waals surface area contributed by atoms with E-state index in [1.165, 1.54) is 0 Å². The van der Waals surface area contributed by atoms with Crippen molar-refractivity contribution in [2.24, 2.45) is 5.92 Å². The number of anilines is 2. The fourth-order valence-corrected chi connectivity index (χ4v) is 1.72. The lowest BCUT2D eigenvalue weighted by molar-refractivity contribution is 0.0956. The van der Waals surface area contributed by atoms with Crippen LogP contribution >= 0.6 is 0 Å². The Morgan fingerprint density at radius 2 is 2.11 bits per heavy atom. The third-order valence-electron chi connectivity index (χ3n) is 2.99. The normalized spacial score (nSPS) is 12.3. The van der Waals surface area contributed by atoms with E-state index in [9.17, 15) is 9.90 Å². The minimum atomic E-state index is -0.136. The lowest BCUT2D eigenvalue weighted by Crippen LogP contribution is -2.30. The van der Waals surface area contributed by atoms with Gasteiger partial charge in [-0.3, -0.25) is 4.79 Å². The molecule has 0 saturated heterocycles. The van der Waals surface area contributed by atoms with Crippen molar-refractivity contribution in [2.45, 2.75) is 26.8 Å². The number of aliphatic hydroxyl groups is 1. The monoisotopic (exact) mass is 265 g/mol. The summed E-state index contributed by atoms with van der Waals surface area (Å²) in [5.41, 5.74) is 7.71. The SMILES string of the molecule is CCNC(=O)c1ccc(NC(CO)C(C)C)c(N)c1. The molecular formula is C14H23N3O2. The largest absolute Gasteiger partial charge is 0.397 e. The fraction of sp³-hybridized carbons (Fsp3) is 0.500. The molecule has 0 aliphatic carbocycles. The van der Waals surface area contributed by atoms with Crippen molar-refractivity contribution in [1.82, 2.24) is 5.32 Å². The molecule has 0 heterocycles. The van der Waals surface area contributed by atoms with Crippen molar-refractivity contribution < 1.29 is 9.90 Å². The van der Waals surface area contributed by atoms with Gasteiger partial charge in [0.25, 0.3) is 5.91 Å². The van der Waals surface area contributed by atoms with Crippen LogP contribution in [0.2, 0.25) is 0 Å². The van der Waals surface area contributed by atoms with Crippen molar-refractivity contribution in [1.29, 1.82) is 0 Å². The van der Waals surface area contributed by atoms with Gasteiger partial charge in [0, 0.05) is 12.1 Å². The van der Waals surface area contributed by atoms with E-state index in [1.54, 1.807) is 18.2 Å². The van der Waals surface area contributed by atoms with Crippen LogP contribution in [0.4, 0.5) is 11.4 Å². The molecule has 0 bridgehead atoms. The van der Waals surface area contributed by atoms with Gasteiger partial charge >= 0.3 is 0 Å². The number of nitrogens with two attached hydrogens (primary N) is 1. The van der Waals surface area contributed by atoms with Crippen LogP contribution in [-0.2, 0) is 0 Å². The third-order valence-corrected chi connectivity index (χ3v) is 2.99. The molecular weight excluding hydrogens is 242 g/mol. The number of aliphatic hydroxyl groups excluding tert-OH is 1. The number of hydrogen-bond donors (Lipinski definition) is 4. The summed E-state index contributed by atoms with van der Waals surface area (Å²) in [5.74, 6) is 0.149. The molecule has 5 heteroatoms. The van der Waals surface area contributed by atoms with Crippen LogP contribution < -0.4 is 16.4 Å². The van der Waals surface area contributed by atoms with E-state index in [1.807, 2.05) is 20.8 Å². The van der Waals surface area contributed by atoms with Gasteiger partial charge in [0.1, 0.15) is 0 Å². The number of amides is 1. The zero-order chi connectivity index (χ0) is 14.4. The number of carbonyl (C=O) groups is 1. The molecule has 0 saturated carbocycles. The topological polar surface area (TPSA) is 87.4 Å². The van der Waals surface area contributed by atoms with E-state index < -0.39 is 0 Å². The highest BCUT2D eigenvalue weighted by Crippen LogP contribution is 2.22. The Morgan fingerprint density at radius 3 is 2.58 bits per heavy atom. The van der Waals surface area contributed by atoms with Crippen LogP contribution in [0.25, 0.3) is 0 Å². The highest BCUT2D eigenvalue weighted by molar-refractivity contribution is 5.96. The van der Waals surface area contributed by atoms with E-state index >= 15 is 0 Å². The van der Waals surface area contributed by atoms with Crippen molar-refractivity contribution >= 4 is 17.3 Å².